The van der Waals surface area contributed by atoms with Gasteiger partial charge in [-0.05, 0) is 36.6 Å². The smallest absolute Gasteiger partial charge is 0.232 e. The molecular weight excluding hydrogens is 340 g/mol. The van der Waals surface area contributed by atoms with Crippen LogP contribution in [0.3, 0.4) is 0 Å². The van der Waals surface area contributed by atoms with Crippen molar-refractivity contribution in [2.75, 3.05) is 11.1 Å². The molecule has 0 amide bonds. The van der Waals surface area contributed by atoms with Gasteiger partial charge in [-0.2, -0.15) is 15.0 Å². The Kier molecular flexibility index (Phi) is 5.94. The molecule has 27 heavy (non-hydrogen) atoms. The zero-order valence-electron chi connectivity index (χ0n) is 15.4. The molecule has 2 aromatic carbocycles. The zero-order valence-corrected chi connectivity index (χ0v) is 15.4. The molecule has 0 fully saturated rings. The van der Waals surface area contributed by atoms with E-state index in [-0.39, 0.29) is 12.6 Å². The molecular formula is C20H22N6O. The zero-order chi connectivity index (χ0) is 19.1. The molecule has 0 aliphatic heterocycles. The fraction of sp³-hybridized carbons (Fsp3) is 0.200. The number of nitrogens with one attached hydrogen (secondary N) is 1. The Labute approximate surface area is 158 Å². The van der Waals surface area contributed by atoms with Crippen molar-refractivity contribution >= 4 is 23.8 Å². The van der Waals surface area contributed by atoms with Crippen LogP contribution in [0.25, 0.3) is 0 Å². The lowest BCUT2D eigenvalue weighted by Gasteiger charge is -2.07. The summed E-state index contributed by atoms with van der Waals surface area (Å²) < 4.78 is 0. The molecule has 0 saturated carbocycles. The molecule has 138 valence electrons. The summed E-state index contributed by atoms with van der Waals surface area (Å²) in [7, 11) is 0. The van der Waals surface area contributed by atoms with Gasteiger partial charge in [-0.1, -0.05) is 54.0 Å². The summed E-state index contributed by atoms with van der Waals surface area (Å²) in [5, 5.41) is 7.06. The average Bonchev–Trinajstić information content (AvgIpc) is 2.67. The van der Waals surface area contributed by atoms with E-state index in [1.165, 1.54) is 11.1 Å². The number of nitrogens with two attached hydrogens (primary N) is 1. The van der Waals surface area contributed by atoms with Crippen molar-refractivity contribution in [3.8, 4) is 0 Å². The van der Waals surface area contributed by atoms with Crippen LogP contribution in [0.15, 0.2) is 53.7 Å². The summed E-state index contributed by atoms with van der Waals surface area (Å²) in [6, 6.07) is 16.0. The van der Waals surface area contributed by atoms with Crippen LogP contribution in [0.2, 0.25) is 0 Å². The number of hydrogen-bond donors (Lipinski definition) is 2. The largest absolute Gasteiger partial charge is 0.388 e. The summed E-state index contributed by atoms with van der Waals surface area (Å²) in [5.74, 6) is 0.886. The lowest BCUT2D eigenvalue weighted by atomic mass is 10.1. The first-order chi connectivity index (χ1) is 13.1. The minimum atomic E-state index is 0.0961. The molecule has 3 aromatic rings. The van der Waals surface area contributed by atoms with Gasteiger partial charge in [0.1, 0.15) is 0 Å². The standard InChI is InChI=1S/C20H22N6O/c1-3-15-6-8-16(9-7-15)12-22-27-13-18-24-19(21)26-20(25-18)23-17-10-4-14(2)5-11-17/h4-12H,3,13H2,1-2H3,(H3,21,23,24,25,26)/b22-12-. The van der Waals surface area contributed by atoms with E-state index >= 15 is 0 Å². The number of nitrogens with zero attached hydrogens (tertiary/aromatic N) is 4. The van der Waals surface area contributed by atoms with Crippen LogP contribution in [0.4, 0.5) is 17.6 Å². The van der Waals surface area contributed by atoms with Crippen LogP contribution < -0.4 is 11.1 Å². The number of aryl methyl sites for hydroxylation is 2. The van der Waals surface area contributed by atoms with Crippen molar-refractivity contribution in [3.63, 3.8) is 0 Å². The predicted molar refractivity (Wildman–Crippen MR) is 107 cm³/mol. The van der Waals surface area contributed by atoms with E-state index in [0.717, 1.165) is 17.7 Å². The average molecular weight is 362 g/mol. The Morgan fingerprint density at radius 2 is 1.78 bits per heavy atom. The van der Waals surface area contributed by atoms with Gasteiger partial charge in [0.15, 0.2) is 12.4 Å². The van der Waals surface area contributed by atoms with Gasteiger partial charge in [-0.25, -0.2) is 0 Å². The van der Waals surface area contributed by atoms with Gasteiger partial charge < -0.3 is 15.9 Å². The Balaban J connectivity index is 1.60. The van der Waals surface area contributed by atoms with E-state index < -0.39 is 0 Å². The quantitative estimate of drug-likeness (QED) is 0.492. The van der Waals surface area contributed by atoms with Gasteiger partial charge in [0.25, 0.3) is 0 Å². The molecule has 0 atom stereocenters. The monoisotopic (exact) mass is 362 g/mol. The molecule has 7 nitrogen and oxygen atoms in total. The van der Waals surface area contributed by atoms with E-state index in [0.29, 0.717) is 11.8 Å². The highest BCUT2D eigenvalue weighted by Gasteiger charge is 2.05. The van der Waals surface area contributed by atoms with Crippen LogP contribution in [0.5, 0.6) is 0 Å². The van der Waals surface area contributed by atoms with Crippen molar-refractivity contribution in [2.45, 2.75) is 26.9 Å². The molecule has 0 saturated heterocycles. The fourth-order valence-corrected chi connectivity index (χ4v) is 2.36. The predicted octanol–water partition coefficient (Wildman–Crippen LogP) is 3.62. The van der Waals surface area contributed by atoms with Gasteiger partial charge in [0.2, 0.25) is 11.9 Å². The van der Waals surface area contributed by atoms with Crippen LogP contribution in [0, 0.1) is 6.92 Å². The van der Waals surface area contributed by atoms with Crippen LogP contribution in [-0.4, -0.2) is 21.2 Å². The molecule has 0 radical (unpaired) electrons. The van der Waals surface area contributed by atoms with Crippen LogP contribution >= 0.6 is 0 Å². The lowest BCUT2D eigenvalue weighted by molar-refractivity contribution is 0.126. The SMILES string of the molecule is CCc1ccc(/C=N\OCc2nc(N)nc(Nc3ccc(C)cc3)n2)cc1. The maximum Gasteiger partial charge on any atom is 0.232 e. The number of nitrogen functional groups attached to an aromatic ring is 1. The van der Waals surface area contributed by atoms with E-state index in [1.807, 2.05) is 43.3 Å². The first-order valence-electron chi connectivity index (χ1n) is 8.71. The Hall–Kier alpha value is -3.48. The minimum absolute atomic E-state index is 0.0961. The van der Waals surface area contributed by atoms with E-state index in [2.05, 4.69) is 44.5 Å². The summed E-state index contributed by atoms with van der Waals surface area (Å²) in [6.45, 7) is 4.24. The van der Waals surface area contributed by atoms with Gasteiger partial charge in [0, 0.05) is 5.69 Å². The fourth-order valence-electron chi connectivity index (χ4n) is 2.36. The van der Waals surface area contributed by atoms with Crippen molar-refractivity contribution < 1.29 is 4.84 Å². The third-order valence-electron chi connectivity index (χ3n) is 3.86. The highest BCUT2D eigenvalue weighted by atomic mass is 16.6. The highest BCUT2D eigenvalue weighted by molar-refractivity contribution is 5.79. The molecule has 1 heterocycles. The number of rotatable bonds is 7. The normalized spacial score (nSPS) is 10.9. The van der Waals surface area contributed by atoms with Crippen molar-refractivity contribution in [3.05, 3.63) is 71.0 Å². The van der Waals surface area contributed by atoms with Crippen molar-refractivity contribution in [1.29, 1.82) is 0 Å². The molecule has 1 aromatic heterocycles. The molecule has 0 aliphatic carbocycles. The van der Waals surface area contributed by atoms with Gasteiger partial charge in [-0.3, -0.25) is 0 Å². The molecule has 3 N–H and O–H groups in total. The Bertz CT molecular complexity index is 907. The second-order valence-electron chi connectivity index (χ2n) is 6.03. The van der Waals surface area contributed by atoms with E-state index in [9.17, 15) is 0 Å². The maximum absolute atomic E-state index is 5.76. The first-order valence-corrected chi connectivity index (χ1v) is 8.71. The van der Waals surface area contributed by atoms with Crippen molar-refractivity contribution in [2.24, 2.45) is 5.16 Å². The number of hydrogen-bond acceptors (Lipinski definition) is 7. The summed E-state index contributed by atoms with van der Waals surface area (Å²) in [4.78, 5) is 17.8. The highest BCUT2D eigenvalue weighted by Crippen LogP contribution is 2.14. The molecule has 3 rings (SSSR count). The second kappa shape index (κ2) is 8.75. The lowest BCUT2D eigenvalue weighted by Crippen LogP contribution is -2.07. The second-order valence-corrected chi connectivity index (χ2v) is 6.03. The molecule has 0 spiro atoms. The van der Waals surface area contributed by atoms with Crippen LogP contribution in [-0.2, 0) is 17.9 Å². The van der Waals surface area contributed by atoms with Gasteiger partial charge in [-0.15, -0.1) is 0 Å². The number of oxime groups is 1. The summed E-state index contributed by atoms with van der Waals surface area (Å²) in [5.41, 5.74) is 10.0. The van der Waals surface area contributed by atoms with E-state index in [1.54, 1.807) is 6.21 Å². The van der Waals surface area contributed by atoms with E-state index in [4.69, 9.17) is 10.6 Å². The topological polar surface area (TPSA) is 98.3 Å². The maximum atomic E-state index is 5.76. The molecule has 0 unspecified atom stereocenters. The Morgan fingerprint density at radius 3 is 2.48 bits per heavy atom. The number of anilines is 3. The van der Waals surface area contributed by atoms with Gasteiger partial charge in [0.05, 0.1) is 6.21 Å². The molecule has 7 heteroatoms. The summed E-state index contributed by atoms with van der Waals surface area (Å²) in [6.07, 6.45) is 2.66. The minimum Gasteiger partial charge on any atom is -0.388 e. The number of aromatic nitrogens is 3. The van der Waals surface area contributed by atoms with Crippen LogP contribution in [0.1, 0.15) is 29.4 Å². The molecule has 0 aliphatic rings. The Morgan fingerprint density at radius 1 is 1.04 bits per heavy atom. The molecule has 0 bridgehead atoms. The third kappa shape index (κ3) is 5.50. The number of benzene rings is 2. The third-order valence-corrected chi connectivity index (χ3v) is 3.86. The first kappa shape index (κ1) is 18.3. The summed E-state index contributed by atoms with van der Waals surface area (Å²) >= 11 is 0. The van der Waals surface area contributed by atoms with Gasteiger partial charge >= 0.3 is 0 Å². The van der Waals surface area contributed by atoms with Crippen molar-refractivity contribution in [1.82, 2.24) is 15.0 Å².